The fourth-order valence-corrected chi connectivity index (χ4v) is 2.11. The van der Waals surface area contributed by atoms with Crippen LogP contribution in [0.3, 0.4) is 0 Å². The van der Waals surface area contributed by atoms with Gasteiger partial charge >= 0.3 is 12.3 Å². The molecule has 102 valence electrons. The van der Waals surface area contributed by atoms with Gasteiger partial charge < -0.3 is 4.74 Å². The molecule has 0 spiro atoms. The monoisotopic (exact) mass is 291 g/mol. The van der Waals surface area contributed by atoms with Crippen molar-refractivity contribution in [2.24, 2.45) is 0 Å². The lowest BCUT2D eigenvalue weighted by molar-refractivity contribution is -0.244. The van der Waals surface area contributed by atoms with Crippen LogP contribution >= 0.6 is 11.6 Å². The summed E-state index contributed by atoms with van der Waals surface area (Å²) >= 11 is 5.73. The van der Waals surface area contributed by atoms with Crippen LogP contribution in [0.4, 0.5) is 23.7 Å². The van der Waals surface area contributed by atoms with Crippen LogP contribution in [-0.2, 0) is 10.3 Å². The Labute approximate surface area is 112 Å². The van der Waals surface area contributed by atoms with Gasteiger partial charge in [-0.3, -0.25) is 4.90 Å². The second kappa shape index (κ2) is 4.16. The fraction of sp³-hybridized carbons (Fsp3) is 0.250. The molecule has 3 nitrogen and oxygen atoms in total. The Morgan fingerprint density at radius 2 is 2.11 bits per heavy atom. The molecular weight excluding hydrogens is 283 g/mol. The van der Waals surface area contributed by atoms with E-state index in [1.807, 2.05) is 0 Å². The first-order chi connectivity index (χ1) is 8.73. The Bertz CT molecular complexity index is 558. The summed E-state index contributed by atoms with van der Waals surface area (Å²) < 4.78 is 44.5. The Balaban J connectivity index is 2.79. The van der Waals surface area contributed by atoms with Crippen molar-refractivity contribution in [2.45, 2.75) is 11.8 Å². The van der Waals surface area contributed by atoms with Gasteiger partial charge in [-0.1, -0.05) is 18.2 Å². The molecule has 7 heteroatoms. The number of cyclic esters (lactones) is 1. The van der Waals surface area contributed by atoms with Crippen molar-refractivity contribution < 1.29 is 22.7 Å². The highest BCUT2D eigenvalue weighted by Gasteiger charge is 2.61. The van der Waals surface area contributed by atoms with E-state index in [-0.39, 0.29) is 16.3 Å². The van der Waals surface area contributed by atoms with Gasteiger partial charge in [-0.05, 0) is 24.3 Å². The molecule has 1 amide bonds. The minimum Gasteiger partial charge on any atom is -0.423 e. The van der Waals surface area contributed by atoms with Gasteiger partial charge in [0.05, 0.1) is 5.69 Å². The lowest BCUT2D eigenvalue weighted by Crippen LogP contribution is -2.51. The van der Waals surface area contributed by atoms with Crippen LogP contribution in [0.2, 0.25) is 5.02 Å². The zero-order valence-electron chi connectivity index (χ0n) is 9.79. The van der Waals surface area contributed by atoms with E-state index in [0.717, 1.165) is 11.0 Å². The van der Waals surface area contributed by atoms with E-state index < -0.39 is 17.9 Å². The van der Waals surface area contributed by atoms with E-state index in [1.54, 1.807) is 0 Å². The highest BCUT2D eigenvalue weighted by Crippen LogP contribution is 2.50. The maximum Gasteiger partial charge on any atom is 0.436 e. The van der Waals surface area contributed by atoms with Crippen LogP contribution in [0.25, 0.3) is 0 Å². The van der Waals surface area contributed by atoms with Gasteiger partial charge in [-0.25, -0.2) is 4.79 Å². The third-order valence-electron chi connectivity index (χ3n) is 2.95. The van der Waals surface area contributed by atoms with Crippen LogP contribution in [0, 0.1) is 0 Å². The quantitative estimate of drug-likeness (QED) is 0.735. The molecule has 0 aromatic heterocycles. The summed E-state index contributed by atoms with van der Waals surface area (Å²) in [5.74, 6) is 0. The first-order valence-corrected chi connectivity index (χ1v) is 5.58. The van der Waals surface area contributed by atoms with E-state index in [4.69, 9.17) is 11.6 Å². The van der Waals surface area contributed by atoms with Crippen molar-refractivity contribution >= 4 is 23.4 Å². The van der Waals surface area contributed by atoms with Crippen molar-refractivity contribution in [3.05, 3.63) is 41.4 Å². The number of alkyl halides is 3. The minimum atomic E-state index is -4.83. The van der Waals surface area contributed by atoms with Crippen LogP contribution in [-0.4, -0.2) is 19.3 Å². The normalized spacial score (nSPS) is 22.8. The van der Waals surface area contributed by atoms with E-state index in [1.165, 1.54) is 19.2 Å². The summed E-state index contributed by atoms with van der Waals surface area (Å²) in [6, 6.07) is 3.86. The largest absolute Gasteiger partial charge is 0.436 e. The number of ether oxygens (including phenoxy) is 1. The zero-order chi connectivity index (χ0) is 14.4. The van der Waals surface area contributed by atoms with Crippen LogP contribution in [0.1, 0.15) is 5.56 Å². The van der Waals surface area contributed by atoms with Crippen LogP contribution in [0.15, 0.2) is 30.9 Å². The van der Waals surface area contributed by atoms with E-state index in [2.05, 4.69) is 11.3 Å². The van der Waals surface area contributed by atoms with Gasteiger partial charge in [0.2, 0.25) is 0 Å². The standard InChI is InChI=1S/C12H9ClF3NO2/c1-3-11(12(14,15)16)8-6-7(13)4-5-9(8)17(2)10(18)19-11/h3-6H,1H2,2H3. The summed E-state index contributed by atoms with van der Waals surface area (Å²) in [6.45, 7) is 3.15. The number of hydrogen-bond acceptors (Lipinski definition) is 2. The third-order valence-corrected chi connectivity index (χ3v) is 3.19. The summed E-state index contributed by atoms with van der Waals surface area (Å²) in [5, 5.41) is 0.112. The Morgan fingerprint density at radius 3 is 2.63 bits per heavy atom. The number of rotatable bonds is 1. The number of anilines is 1. The predicted molar refractivity (Wildman–Crippen MR) is 64.3 cm³/mol. The molecule has 1 atom stereocenters. The third kappa shape index (κ3) is 1.87. The number of fused-ring (bicyclic) bond motifs is 1. The Kier molecular flexibility index (Phi) is 3.01. The van der Waals surface area contributed by atoms with Crippen LogP contribution in [0.5, 0.6) is 0 Å². The number of carbonyl (C=O) groups is 1. The summed E-state index contributed by atoms with van der Waals surface area (Å²) in [5.41, 5.74) is -3.06. The molecule has 0 radical (unpaired) electrons. The van der Waals surface area contributed by atoms with Gasteiger partial charge in [-0.2, -0.15) is 13.2 Å². The number of hydrogen-bond donors (Lipinski definition) is 0. The minimum absolute atomic E-state index is 0.0814. The number of amides is 1. The van der Waals surface area contributed by atoms with Gasteiger partial charge in [-0.15, -0.1) is 0 Å². The molecule has 1 aromatic rings. The highest BCUT2D eigenvalue weighted by atomic mass is 35.5. The molecule has 0 N–H and O–H groups in total. The molecule has 0 saturated heterocycles. The Morgan fingerprint density at radius 1 is 1.47 bits per heavy atom. The Hall–Kier alpha value is -1.69. The second-order valence-electron chi connectivity index (χ2n) is 4.03. The van der Waals surface area contributed by atoms with Crippen molar-refractivity contribution in [3.63, 3.8) is 0 Å². The molecule has 0 aliphatic carbocycles. The number of halogens is 4. The number of benzene rings is 1. The average molecular weight is 292 g/mol. The molecular formula is C12H9ClF3NO2. The second-order valence-corrected chi connectivity index (χ2v) is 4.46. The lowest BCUT2D eigenvalue weighted by Gasteiger charge is -2.40. The molecule has 0 saturated carbocycles. The van der Waals surface area contributed by atoms with Gasteiger partial charge in [0.25, 0.3) is 5.60 Å². The highest BCUT2D eigenvalue weighted by molar-refractivity contribution is 6.30. The zero-order valence-corrected chi connectivity index (χ0v) is 10.5. The summed E-state index contributed by atoms with van der Waals surface area (Å²) in [4.78, 5) is 12.6. The predicted octanol–water partition coefficient (Wildman–Crippen LogP) is 3.87. The molecule has 1 aliphatic rings. The van der Waals surface area contributed by atoms with E-state index in [9.17, 15) is 18.0 Å². The fourth-order valence-electron chi connectivity index (χ4n) is 1.94. The van der Waals surface area contributed by atoms with E-state index in [0.29, 0.717) is 6.08 Å². The maximum atomic E-state index is 13.3. The van der Waals surface area contributed by atoms with Crippen molar-refractivity contribution in [3.8, 4) is 0 Å². The van der Waals surface area contributed by atoms with Gasteiger partial charge in [0.15, 0.2) is 0 Å². The average Bonchev–Trinajstić information content (AvgIpc) is 2.32. The first-order valence-electron chi connectivity index (χ1n) is 5.20. The van der Waals surface area contributed by atoms with Crippen molar-refractivity contribution in [1.29, 1.82) is 0 Å². The molecule has 19 heavy (non-hydrogen) atoms. The molecule has 1 heterocycles. The van der Waals surface area contributed by atoms with Crippen molar-refractivity contribution in [1.82, 2.24) is 0 Å². The molecule has 1 aliphatic heterocycles. The number of nitrogens with zero attached hydrogens (tertiary/aromatic N) is 1. The number of carbonyl (C=O) groups excluding carboxylic acids is 1. The molecule has 2 rings (SSSR count). The maximum absolute atomic E-state index is 13.3. The molecule has 1 aromatic carbocycles. The van der Waals surface area contributed by atoms with Crippen molar-refractivity contribution in [2.75, 3.05) is 11.9 Å². The summed E-state index contributed by atoms with van der Waals surface area (Å²) in [7, 11) is 1.32. The van der Waals surface area contributed by atoms with Gasteiger partial charge in [0, 0.05) is 17.6 Å². The lowest BCUT2D eigenvalue weighted by atomic mass is 9.89. The van der Waals surface area contributed by atoms with E-state index >= 15 is 0 Å². The molecule has 0 bridgehead atoms. The SMILES string of the molecule is C=CC1(C(F)(F)F)OC(=O)N(C)c2ccc(Cl)cc21. The molecule has 0 fully saturated rings. The molecule has 1 unspecified atom stereocenters. The smallest absolute Gasteiger partial charge is 0.423 e. The van der Waals surface area contributed by atoms with Crippen LogP contribution < -0.4 is 4.90 Å². The van der Waals surface area contributed by atoms with Gasteiger partial charge in [0.1, 0.15) is 0 Å². The first kappa shape index (κ1) is 13.7. The summed E-state index contributed by atoms with van der Waals surface area (Å²) in [6.07, 6.45) is -5.37. The topological polar surface area (TPSA) is 29.5 Å².